The van der Waals surface area contributed by atoms with Crippen molar-refractivity contribution in [3.63, 3.8) is 0 Å². The Balaban J connectivity index is 2.45. The van der Waals surface area contributed by atoms with Crippen molar-refractivity contribution >= 4 is 6.09 Å². The van der Waals surface area contributed by atoms with Gasteiger partial charge in [-0.25, -0.2) is 4.79 Å². The van der Waals surface area contributed by atoms with E-state index in [1.807, 2.05) is 12.1 Å². The molecule has 1 unspecified atom stereocenters. The smallest absolute Gasteiger partial charge is 0.404 e. The summed E-state index contributed by atoms with van der Waals surface area (Å²) in [5.74, 6) is 0. The van der Waals surface area contributed by atoms with Gasteiger partial charge in [0.15, 0.2) is 0 Å². The van der Waals surface area contributed by atoms with Gasteiger partial charge < -0.3 is 10.5 Å². The Bertz CT molecular complexity index is 274. The number of carbonyl (C=O) groups excluding carboxylic acids is 1. The van der Waals surface area contributed by atoms with Crippen molar-refractivity contribution in [3.05, 3.63) is 30.1 Å². The molecular weight excluding hydrogens is 168 g/mol. The van der Waals surface area contributed by atoms with E-state index in [0.717, 1.165) is 5.56 Å². The van der Waals surface area contributed by atoms with Crippen molar-refractivity contribution in [2.45, 2.75) is 19.4 Å². The van der Waals surface area contributed by atoms with Gasteiger partial charge in [-0.1, -0.05) is 0 Å². The quantitative estimate of drug-likeness (QED) is 0.757. The van der Waals surface area contributed by atoms with Gasteiger partial charge in [-0.2, -0.15) is 0 Å². The van der Waals surface area contributed by atoms with Crippen LogP contribution in [0, 0.1) is 0 Å². The van der Waals surface area contributed by atoms with Crippen LogP contribution in [0.5, 0.6) is 0 Å². The maximum absolute atomic E-state index is 10.4. The Morgan fingerprint density at radius 3 is 2.77 bits per heavy atom. The van der Waals surface area contributed by atoms with Crippen molar-refractivity contribution in [2.75, 3.05) is 0 Å². The highest BCUT2D eigenvalue weighted by molar-refractivity contribution is 5.64. The highest BCUT2D eigenvalue weighted by Crippen LogP contribution is 2.03. The second-order valence-corrected chi connectivity index (χ2v) is 2.81. The normalized spacial score (nSPS) is 12.1. The summed E-state index contributed by atoms with van der Waals surface area (Å²) in [6.45, 7) is 1.80. The fourth-order valence-corrected chi connectivity index (χ4v) is 1.09. The number of nitrogens with zero attached hydrogens (tertiary/aromatic N) is 1. The van der Waals surface area contributed by atoms with E-state index >= 15 is 0 Å². The first kappa shape index (κ1) is 9.51. The summed E-state index contributed by atoms with van der Waals surface area (Å²) < 4.78 is 4.77. The molecule has 13 heavy (non-hydrogen) atoms. The summed E-state index contributed by atoms with van der Waals surface area (Å²) in [7, 11) is 0. The van der Waals surface area contributed by atoms with Gasteiger partial charge in [0.2, 0.25) is 0 Å². The van der Waals surface area contributed by atoms with Gasteiger partial charge in [0, 0.05) is 18.8 Å². The number of carbonyl (C=O) groups is 1. The SMILES string of the molecule is CC(Cc1ccncc1)OC(N)=O. The Labute approximate surface area is 76.7 Å². The van der Waals surface area contributed by atoms with Crippen LogP contribution in [0.25, 0.3) is 0 Å². The van der Waals surface area contributed by atoms with Crippen LogP contribution in [0.4, 0.5) is 4.79 Å². The summed E-state index contributed by atoms with van der Waals surface area (Å²) in [6, 6.07) is 3.75. The van der Waals surface area contributed by atoms with Gasteiger partial charge in [-0.3, -0.25) is 4.98 Å². The summed E-state index contributed by atoms with van der Waals surface area (Å²) >= 11 is 0. The summed E-state index contributed by atoms with van der Waals surface area (Å²) in [5, 5.41) is 0. The fourth-order valence-electron chi connectivity index (χ4n) is 1.09. The first-order valence-corrected chi connectivity index (χ1v) is 4.03. The second kappa shape index (κ2) is 4.45. The van der Waals surface area contributed by atoms with Crippen LogP contribution >= 0.6 is 0 Å². The Morgan fingerprint density at radius 1 is 1.62 bits per heavy atom. The van der Waals surface area contributed by atoms with Crippen LogP contribution in [0.15, 0.2) is 24.5 Å². The Kier molecular flexibility index (Phi) is 3.25. The molecule has 0 radical (unpaired) electrons. The zero-order chi connectivity index (χ0) is 9.68. The standard InChI is InChI=1S/C9H12N2O2/c1-7(13-9(10)12)6-8-2-4-11-5-3-8/h2-5,7H,6H2,1H3,(H2,10,12). The molecule has 2 N–H and O–H groups in total. The largest absolute Gasteiger partial charge is 0.446 e. The fraction of sp³-hybridized carbons (Fsp3) is 0.333. The topological polar surface area (TPSA) is 65.2 Å². The molecule has 0 bridgehead atoms. The molecule has 0 aromatic carbocycles. The minimum absolute atomic E-state index is 0.195. The number of primary amides is 1. The number of hydrogen-bond acceptors (Lipinski definition) is 3. The number of hydrogen-bond donors (Lipinski definition) is 1. The molecule has 1 amide bonds. The molecule has 1 aromatic rings. The highest BCUT2D eigenvalue weighted by atomic mass is 16.6. The van der Waals surface area contributed by atoms with Crippen LogP contribution in [0.3, 0.4) is 0 Å². The molecule has 70 valence electrons. The monoisotopic (exact) mass is 180 g/mol. The van der Waals surface area contributed by atoms with Crippen molar-refractivity contribution in [2.24, 2.45) is 5.73 Å². The molecular formula is C9H12N2O2. The second-order valence-electron chi connectivity index (χ2n) is 2.81. The van der Waals surface area contributed by atoms with Gasteiger partial charge in [-0.15, -0.1) is 0 Å². The lowest BCUT2D eigenvalue weighted by atomic mass is 10.1. The third-order valence-corrected chi connectivity index (χ3v) is 1.59. The van der Waals surface area contributed by atoms with Crippen molar-refractivity contribution in [3.8, 4) is 0 Å². The van der Waals surface area contributed by atoms with Crippen LogP contribution in [0.1, 0.15) is 12.5 Å². The number of rotatable bonds is 3. The molecule has 0 aliphatic rings. The summed E-state index contributed by atoms with van der Waals surface area (Å²) in [4.78, 5) is 14.3. The predicted molar refractivity (Wildman–Crippen MR) is 48.1 cm³/mol. The molecule has 0 spiro atoms. The van der Waals surface area contributed by atoms with Gasteiger partial charge in [0.25, 0.3) is 0 Å². The lowest BCUT2D eigenvalue weighted by Crippen LogP contribution is -2.21. The average Bonchev–Trinajstić information content (AvgIpc) is 2.04. The predicted octanol–water partition coefficient (Wildman–Crippen LogP) is 1.11. The minimum atomic E-state index is -0.735. The van der Waals surface area contributed by atoms with Gasteiger partial charge in [0.1, 0.15) is 6.10 Å². The van der Waals surface area contributed by atoms with Crippen LogP contribution in [-0.2, 0) is 11.2 Å². The summed E-state index contributed by atoms with van der Waals surface area (Å²) in [5.41, 5.74) is 5.95. The van der Waals surface area contributed by atoms with Gasteiger partial charge in [0.05, 0.1) is 0 Å². The van der Waals surface area contributed by atoms with E-state index in [1.165, 1.54) is 0 Å². The first-order valence-electron chi connectivity index (χ1n) is 4.03. The molecule has 0 saturated carbocycles. The number of nitrogens with two attached hydrogens (primary N) is 1. The van der Waals surface area contributed by atoms with E-state index in [1.54, 1.807) is 19.3 Å². The third kappa shape index (κ3) is 3.55. The van der Waals surface area contributed by atoms with Crippen molar-refractivity contribution < 1.29 is 9.53 Å². The molecule has 4 heteroatoms. The molecule has 0 fully saturated rings. The van der Waals surface area contributed by atoms with E-state index in [2.05, 4.69) is 4.98 Å². The first-order chi connectivity index (χ1) is 6.18. The number of ether oxygens (including phenoxy) is 1. The molecule has 1 aromatic heterocycles. The van der Waals surface area contributed by atoms with Crippen molar-refractivity contribution in [1.29, 1.82) is 0 Å². The third-order valence-electron chi connectivity index (χ3n) is 1.59. The zero-order valence-corrected chi connectivity index (χ0v) is 7.43. The maximum Gasteiger partial charge on any atom is 0.404 e. The molecule has 4 nitrogen and oxygen atoms in total. The lowest BCUT2D eigenvalue weighted by Gasteiger charge is -2.10. The molecule has 0 aliphatic heterocycles. The number of amides is 1. The Morgan fingerprint density at radius 2 is 2.23 bits per heavy atom. The van der Waals surface area contributed by atoms with Gasteiger partial charge >= 0.3 is 6.09 Å². The minimum Gasteiger partial charge on any atom is -0.446 e. The maximum atomic E-state index is 10.4. The average molecular weight is 180 g/mol. The van der Waals surface area contributed by atoms with Crippen molar-refractivity contribution in [1.82, 2.24) is 4.98 Å². The van der Waals surface area contributed by atoms with E-state index in [9.17, 15) is 4.79 Å². The zero-order valence-electron chi connectivity index (χ0n) is 7.43. The molecule has 0 saturated heterocycles. The van der Waals surface area contributed by atoms with Crippen LogP contribution < -0.4 is 5.73 Å². The van der Waals surface area contributed by atoms with Crippen LogP contribution in [-0.4, -0.2) is 17.2 Å². The molecule has 0 aliphatic carbocycles. The molecule has 1 rings (SSSR count). The van der Waals surface area contributed by atoms with E-state index in [-0.39, 0.29) is 6.10 Å². The summed E-state index contributed by atoms with van der Waals surface area (Å²) in [6.07, 6.45) is 3.13. The highest BCUT2D eigenvalue weighted by Gasteiger charge is 2.06. The van der Waals surface area contributed by atoms with Crippen LogP contribution in [0.2, 0.25) is 0 Å². The van der Waals surface area contributed by atoms with E-state index < -0.39 is 6.09 Å². The Hall–Kier alpha value is -1.58. The lowest BCUT2D eigenvalue weighted by molar-refractivity contribution is 0.116. The molecule has 1 atom stereocenters. The molecule has 1 heterocycles. The number of pyridine rings is 1. The van der Waals surface area contributed by atoms with E-state index in [0.29, 0.717) is 6.42 Å². The van der Waals surface area contributed by atoms with E-state index in [4.69, 9.17) is 10.5 Å². The van der Waals surface area contributed by atoms with Gasteiger partial charge in [-0.05, 0) is 24.6 Å². The number of aromatic nitrogens is 1.